The van der Waals surface area contributed by atoms with Gasteiger partial charge in [0, 0.05) is 15.6 Å². The van der Waals surface area contributed by atoms with Gasteiger partial charge in [-0.25, -0.2) is 0 Å². The lowest BCUT2D eigenvalue weighted by Gasteiger charge is -2.06. The largest absolute Gasteiger partial charge is 0.463 e. The summed E-state index contributed by atoms with van der Waals surface area (Å²) in [7, 11) is 0. The topological polar surface area (TPSA) is 30.2 Å². The zero-order valence-electron chi connectivity index (χ0n) is 10.6. The summed E-state index contributed by atoms with van der Waals surface area (Å²) in [5.74, 6) is 0. The zero-order chi connectivity index (χ0) is 14.3. The Bertz CT molecular complexity index is 866. The maximum Gasteiger partial charge on any atom is 0.200 e. The van der Waals surface area contributed by atoms with Crippen molar-refractivity contribution in [3.8, 4) is 11.1 Å². The van der Waals surface area contributed by atoms with Crippen molar-refractivity contribution >= 4 is 34.2 Å². The fraction of sp³-hybridized carbons (Fsp3) is 0.0625. The molecule has 0 radical (unpaired) electrons. The fourth-order valence-corrected chi connectivity index (χ4v) is 2.53. The van der Waals surface area contributed by atoms with Crippen LogP contribution in [-0.4, -0.2) is 0 Å². The summed E-state index contributed by atoms with van der Waals surface area (Å²) in [4.78, 5) is 12.6. The van der Waals surface area contributed by atoms with Gasteiger partial charge in [0.15, 0.2) is 0 Å². The van der Waals surface area contributed by atoms with Gasteiger partial charge in [-0.05, 0) is 37.3 Å². The Balaban J connectivity index is 2.35. The van der Waals surface area contributed by atoms with E-state index in [9.17, 15) is 4.79 Å². The molecule has 2 nitrogen and oxygen atoms in total. The third-order valence-corrected chi connectivity index (χ3v) is 3.71. The molecule has 0 aliphatic carbocycles. The smallest absolute Gasteiger partial charge is 0.200 e. The molecule has 0 spiro atoms. The number of aryl methyl sites for hydroxylation is 1. The maximum atomic E-state index is 12.6. The van der Waals surface area contributed by atoms with Gasteiger partial charge in [-0.15, -0.1) is 0 Å². The minimum Gasteiger partial charge on any atom is -0.463 e. The van der Waals surface area contributed by atoms with Crippen LogP contribution in [0.1, 0.15) is 5.56 Å². The number of hydrogen-bond acceptors (Lipinski definition) is 2. The van der Waals surface area contributed by atoms with Crippen LogP contribution in [0.4, 0.5) is 0 Å². The average Bonchev–Trinajstić information content (AvgIpc) is 2.43. The molecule has 0 saturated heterocycles. The minimum atomic E-state index is -0.138. The first kappa shape index (κ1) is 13.2. The van der Waals surface area contributed by atoms with Gasteiger partial charge in [-0.1, -0.05) is 34.8 Å². The number of halogens is 2. The van der Waals surface area contributed by atoms with Crippen LogP contribution in [0.2, 0.25) is 10.0 Å². The van der Waals surface area contributed by atoms with E-state index in [1.54, 1.807) is 24.3 Å². The molecule has 0 unspecified atom stereocenters. The summed E-state index contributed by atoms with van der Waals surface area (Å²) in [5.41, 5.74) is 2.50. The molecule has 0 aliphatic rings. The predicted molar refractivity (Wildman–Crippen MR) is 82.7 cm³/mol. The van der Waals surface area contributed by atoms with Gasteiger partial charge >= 0.3 is 0 Å². The second-order valence-corrected chi connectivity index (χ2v) is 5.45. The van der Waals surface area contributed by atoms with Crippen LogP contribution in [0.25, 0.3) is 22.1 Å². The molecule has 0 aliphatic heterocycles. The molecule has 0 saturated carbocycles. The minimum absolute atomic E-state index is 0.138. The SMILES string of the molecule is Cc1ccc(Cl)c(-c2coc3ccc(Cl)cc3c2=O)c1. The van der Waals surface area contributed by atoms with Gasteiger partial charge in [-0.3, -0.25) is 4.79 Å². The van der Waals surface area contributed by atoms with Gasteiger partial charge in [0.25, 0.3) is 0 Å². The second-order valence-electron chi connectivity index (χ2n) is 4.60. The predicted octanol–water partition coefficient (Wildman–Crippen LogP) is 5.08. The van der Waals surface area contributed by atoms with E-state index in [0.29, 0.717) is 32.1 Å². The first-order valence-corrected chi connectivity index (χ1v) is 6.79. The van der Waals surface area contributed by atoms with E-state index in [-0.39, 0.29) is 5.43 Å². The molecule has 0 N–H and O–H groups in total. The molecular formula is C16H10Cl2O2. The molecule has 100 valence electrons. The summed E-state index contributed by atoms with van der Waals surface area (Å²) in [6, 6.07) is 10.5. The van der Waals surface area contributed by atoms with Crippen molar-refractivity contribution in [1.82, 2.24) is 0 Å². The highest BCUT2D eigenvalue weighted by Gasteiger charge is 2.12. The van der Waals surface area contributed by atoms with Crippen LogP contribution in [0.5, 0.6) is 0 Å². The maximum absolute atomic E-state index is 12.6. The molecule has 20 heavy (non-hydrogen) atoms. The van der Waals surface area contributed by atoms with Crippen LogP contribution >= 0.6 is 23.2 Å². The molecule has 0 fully saturated rings. The molecule has 0 atom stereocenters. The van der Waals surface area contributed by atoms with Crippen molar-refractivity contribution in [2.24, 2.45) is 0 Å². The molecule has 1 heterocycles. The standard InChI is InChI=1S/C16H10Cl2O2/c1-9-2-4-14(18)11(6-9)13-8-20-15-5-3-10(17)7-12(15)16(13)19/h2-8H,1H3. The molecule has 1 aromatic heterocycles. The lowest BCUT2D eigenvalue weighted by atomic mass is 10.0. The highest BCUT2D eigenvalue weighted by atomic mass is 35.5. The fourth-order valence-electron chi connectivity index (χ4n) is 2.13. The van der Waals surface area contributed by atoms with Crippen molar-refractivity contribution in [3.63, 3.8) is 0 Å². The van der Waals surface area contributed by atoms with Gasteiger partial charge in [-0.2, -0.15) is 0 Å². The van der Waals surface area contributed by atoms with Crippen molar-refractivity contribution in [3.05, 3.63) is 68.5 Å². The lowest BCUT2D eigenvalue weighted by molar-refractivity contribution is 0.604. The van der Waals surface area contributed by atoms with E-state index >= 15 is 0 Å². The quantitative estimate of drug-likeness (QED) is 0.628. The van der Waals surface area contributed by atoms with Crippen LogP contribution in [0, 0.1) is 6.92 Å². The highest BCUT2D eigenvalue weighted by Crippen LogP contribution is 2.28. The summed E-state index contributed by atoms with van der Waals surface area (Å²) < 4.78 is 5.51. The third kappa shape index (κ3) is 2.21. The Morgan fingerprint density at radius 3 is 2.60 bits per heavy atom. The first-order chi connectivity index (χ1) is 9.56. The second kappa shape index (κ2) is 4.97. The summed E-state index contributed by atoms with van der Waals surface area (Å²) in [5, 5.41) is 1.47. The Kier molecular flexibility index (Phi) is 3.28. The lowest BCUT2D eigenvalue weighted by Crippen LogP contribution is -2.05. The van der Waals surface area contributed by atoms with E-state index < -0.39 is 0 Å². The van der Waals surface area contributed by atoms with E-state index in [1.807, 2.05) is 19.1 Å². The summed E-state index contributed by atoms with van der Waals surface area (Å²) in [6.45, 7) is 1.94. The highest BCUT2D eigenvalue weighted by molar-refractivity contribution is 6.33. The normalized spacial score (nSPS) is 10.9. The number of hydrogen-bond donors (Lipinski definition) is 0. The Morgan fingerprint density at radius 2 is 1.80 bits per heavy atom. The third-order valence-electron chi connectivity index (χ3n) is 3.15. The van der Waals surface area contributed by atoms with Crippen molar-refractivity contribution in [1.29, 1.82) is 0 Å². The van der Waals surface area contributed by atoms with E-state index in [4.69, 9.17) is 27.6 Å². The molecular weight excluding hydrogens is 295 g/mol. The van der Waals surface area contributed by atoms with Gasteiger partial charge < -0.3 is 4.42 Å². The molecule has 0 amide bonds. The number of benzene rings is 2. The molecule has 3 rings (SSSR count). The van der Waals surface area contributed by atoms with Gasteiger partial charge in [0.2, 0.25) is 5.43 Å². The summed E-state index contributed by atoms with van der Waals surface area (Å²) >= 11 is 12.1. The number of rotatable bonds is 1. The molecule has 4 heteroatoms. The number of fused-ring (bicyclic) bond motifs is 1. The van der Waals surface area contributed by atoms with E-state index in [1.165, 1.54) is 6.26 Å². The zero-order valence-corrected chi connectivity index (χ0v) is 12.1. The van der Waals surface area contributed by atoms with Crippen molar-refractivity contribution in [2.75, 3.05) is 0 Å². The van der Waals surface area contributed by atoms with Gasteiger partial charge in [0.1, 0.15) is 11.8 Å². The molecule has 2 aromatic carbocycles. The average molecular weight is 305 g/mol. The monoisotopic (exact) mass is 304 g/mol. The van der Waals surface area contributed by atoms with Crippen molar-refractivity contribution in [2.45, 2.75) is 6.92 Å². The van der Waals surface area contributed by atoms with Crippen molar-refractivity contribution < 1.29 is 4.42 Å². The molecule has 0 bridgehead atoms. The Hall–Kier alpha value is -1.77. The molecule has 3 aromatic rings. The van der Waals surface area contributed by atoms with E-state index in [2.05, 4.69) is 0 Å². The van der Waals surface area contributed by atoms with E-state index in [0.717, 1.165) is 5.56 Å². The van der Waals surface area contributed by atoms with Crippen LogP contribution in [-0.2, 0) is 0 Å². The first-order valence-electron chi connectivity index (χ1n) is 6.04. The summed E-state index contributed by atoms with van der Waals surface area (Å²) in [6.07, 6.45) is 1.44. The Labute approximate surface area is 125 Å². The van der Waals surface area contributed by atoms with Gasteiger partial charge in [0.05, 0.1) is 10.9 Å². The van der Waals surface area contributed by atoms with Crippen LogP contribution < -0.4 is 5.43 Å². The van der Waals surface area contributed by atoms with Crippen LogP contribution in [0.15, 0.2) is 51.9 Å². The Morgan fingerprint density at radius 1 is 1.00 bits per heavy atom. The van der Waals surface area contributed by atoms with Crippen LogP contribution in [0.3, 0.4) is 0 Å².